The van der Waals surface area contributed by atoms with Gasteiger partial charge in [0.2, 0.25) is 0 Å². The van der Waals surface area contributed by atoms with E-state index in [4.69, 9.17) is 21.1 Å². The number of nitrogens with zero attached hydrogens (tertiary/aromatic N) is 1. The topological polar surface area (TPSA) is 84.9 Å². The van der Waals surface area contributed by atoms with Gasteiger partial charge in [-0.25, -0.2) is 9.69 Å². The number of fused-ring (bicyclic) bond motifs is 1. The molecule has 4 aromatic carbocycles. The molecule has 1 fully saturated rings. The van der Waals surface area contributed by atoms with E-state index in [1.165, 1.54) is 6.08 Å². The van der Waals surface area contributed by atoms with Crippen LogP contribution in [0, 0.1) is 0 Å². The Labute approximate surface area is 238 Å². The lowest BCUT2D eigenvalue weighted by molar-refractivity contribution is -0.122. The number of nitrogens with one attached hydrogen (secondary N) is 1. The Morgan fingerprint density at radius 1 is 0.949 bits per heavy atom. The molecular formula is C30H22BrClN2O5. The summed E-state index contributed by atoms with van der Waals surface area (Å²) in [5.41, 5.74) is 1.52. The smallest absolute Gasteiger partial charge is 0.335 e. The number of amides is 4. The zero-order valence-electron chi connectivity index (χ0n) is 20.7. The van der Waals surface area contributed by atoms with E-state index in [0.29, 0.717) is 29.4 Å². The van der Waals surface area contributed by atoms with Crippen LogP contribution in [0.5, 0.6) is 11.5 Å². The van der Waals surface area contributed by atoms with Gasteiger partial charge in [0.25, 0.3) is 11.8 Å². The number of imide groups is 2. The van der Waals surface area contributed by atoms with E-state index in [1.807, 2.05) is 49.4 Å². The van der Waals surface area contributed by atoms with Crippen molar-refractivity contribution in [3.63, 3.8) is 0 Å². The fraction of sp³-hybridized carbons (Fsp3) is 0.100. The number of carbonyl (C=O) groups is 3. The van der Waals surface area contributed by atoms with Crippen LogP contribution < -0.4 is 19.7 Å². The van der Waals surface area contributed by atoms with Crippen LogP contribution in [-0.4, -0.2) is 24.5 Å². The first-order valence-corrected chi connectivity index (χ1v) is 13.3. The van der Waals surface area contributed by atoms with Crippen LogP contribution in [0.25, 0.3) is 16.8 Å². The van der Waals surface area contributed by atoms with Crippen LogP contribution in [0.4, 0.5) is 10.5 Å². The van der Waals surface area contributed by atoms with Crippen molar-refractivity contribution in [2.24, 2.45) is 0 Å². The molecule has 1 saturated heterocycles. The molecule has 1 heterocycles. The number of halogens is 2. The van der Waals surface area contributed by atoms with E-state index < -0.39 is 17.8 Å². The average Bonchev–Trinajstić information content (AvgIpc) is 2.92. The van der Waals surface area contributed by atoms with Gasteiger partial charge in [0, 0.05) is 4.47 Å². The molecular weight excluding hydrogens is 584 g/mol. The van der Waals surface area contributed by atoms with Crippen molar-refractivity contribution >= 4 is 67.9 Å². The van der Waals surface area contributed by atoms with Crippen molar-refractivity contribution in [2.75, 3.05) is 11.5 Å². The number of barbiturate groups is 1. The van der Waals surface area contributed by atoms with Crippen LogP contribution in [0.2, 0.25) is 5.02 Å². The fourth-order valence-electron chi connectivity index (χ4n) is 4.29. The number of ether oxygens (including phenoxy) is 2. The van der Waals surface area contributed by atoms with Crippen LogP contribution in [-0.2, 0) is 16.2 Å². The SMILES string of the molecule is CCOc1cc(/C=C2/C(=O)NC(=O)N(c3ccc(Br)cc3)C2=O)cc(Cl)c1OCc1cccc2ccccc12. The van der Waals surface area contributed by atoms with Gasteiger partial charge in [0.15, 0.2) is 11.5 Å². The maximum absolute atomic E-state index is 13.2. The van der Waals surface area contributed by atoms with Gasteiger partial charge in [0.1, 0.15) is 12.2 Å². The van der Waals surface area contributed by atoms with E-state index in [2.05, 4.69) is 21.2 Å². The van der Waals surface area contributed by atoms with Gasteiger partial charge in [-0.1, -0.05) is 70.0 Å². The summed E-state index contributed by atoms with van der Waals surface area (Å²) in [7, 11) is 0. The summed E-state index contributed by atoms with van der Waals surface area (Å²) in [6.07, 6.45) is 1.37. The zero-order chi connectivity index (χ0) is 27.5. The first-order chi connectivity index (χ1) is 18.9. The summed E-state index contributed by atoms with van der Waals surface area (Å²) < 4.78 is 12.7. The number of urea groups is 1. The highest BCUT2D eigenvalue weighted by atomic mass is 79.9. The average molecular weight is 606 g/mol. The molecule has 196 valence electrons. The predicted octanol–water partition coefficient (Wildman–Crippen LogP) is 6.90. The van der Waals surface area contributed by atoms with E-state index >= 15 is 0 Å². The molecule has 1 N–H and O–H groups in total. The number of hydrogen-bond donors (Lipinski definition) is 1. The number of rotatable bonds is 7. The van der Waals surface area contributed by atoms with Crippen LogP contribution in [0.3, 0.4) is 0 Å². The second kappa shape index (κ2) is 11.3. The minimum atomic E-state index is -0.824. The van der Waals surface area contributed by atoms with Crippen molar-refractivity contribution in [2.45, 2.75) is 13.5 Å². The molecule has 4 amide bonds. The highest BCUT2D eigenvalue weighted by Gasteiger charge is 2.36. The molecule has 4 aromatic rings. The standard InChI is InChI=1S/C30H22BrClN2O5/c1-2-38-26-16-18(14-24-28(35)33-30(37)34(29(24)36)22-12-10-21(31)11-13-22)15-25(32)27(26)39-17-20-8-5-7-19-6-3-4-9-23(19)20/h3-16H,2,17H2,1H3,(H,33,35,37)/b24-14-. The molecule has 0 unspecified atom stereocenters. The molecule has 0 atom stereocenters. The normalized spacial score (nSPS) is 14.6. The minimum absolute atomic E-state index is 0.222. The molecule has 0 radical (unpaired) electrons. The van der Waals surface area contributed by atoms with Crippen molar-refractivity contribution in [1.29, 1.82) is 0 Å². The van der Waals surface area contributed by atoms with E-state index in [9.17, 15) is 14.4 Å². The van der Waals surface area contributed by atoms with E-state index in [1.54, 1.807) is 36.4 Å². The summed E-state index contributed by atoms with van der Waals surface area (Å²) in [4.78, 5) is 39.3. The van der Waals surface area contributed by atoms with Crippen molar-refractivity contribution in [3.05, 3.63) is 105 Å². The first-order valence-electron chi connectivity index (χ1n) is 12.1. The van der Waals surface area contributed by atoms with Crippen molar-refractivity contribution < 1.29 is 23.9 Å². The Balaban J connectivity index is 1.46. The van der Waals surface area contributed by atoms with Crippen LogP contribution in [0.15, 0.2) is 88.9 Å². The molecule has 1 aliphatic rings. The fourth-order valence-corrected chi connectivity index (χ4v) is 4.83. The van der Waals surface area contributed by atoms with Gasteiger partial charge in [0.05, 0.1) is 17.3 Å². The van der Waals surface area contributed by atoms with Gasteiger partial charge < -0.3 is 9.47 Å². The van der Waals surface area contributed by atoms with Crippen molar-refractivity contribution in [1.82, 2.24) is 5.32 Å². The summed E-state index contributed by atoms with van der Waals surface area (Å²) in [6.45, 7) is 2.42. The molecule has 5 rings (SSSR count). The number of carbonyl (C=O) groups excluding carboxylic acids is 3. The van der Waals surface area contributed by atoms with Gasteiger partial charge in [-0.2, -0.15) is 0 Å². The molecule has 39 heavy (non-hydrogen) atoms. The molecule has 7 nitrogen and oxygen atoms in total. The molecule has 0 aromatic heterocycles. The highest BCUT2D eigenvalue weighted by Crippen LogP contribution is 2.38. The lowest BCUT2D eigenvalue weighted by atomic mass is 10.1. The van der Waals surface area contributed by atoms with Gasteiger partial charge in [-0.05, 0) is 71.3 Å². The largest absolute Gasteiger partial charge is 0.490 e. The third-order valence-corrected chi connectivity index (χ3v) is 6.89. The monoisotopic (exact) mass is 604 g/mol. The Hall–Kier alpha value is -4.14. The molecule has 1 aliphatic heterocycles. The number of benzene rings is 4. The van der Waals surface area contributed by atoms with Gasteiger partial charge >= 0.3 is 6.03 Å². The lowest BCUT2D eigenvalue weighted by Gasteiger charge is -2.26. The molecule has 9 heteroatoms. The maximum Gasteiger partial charge on any atom is 0.335 e. The Morgan fingerprint density at radius 2 is 1.69 bits per heavy atom. The maximum atomic E-state index is 13.2. The quantitative estimate of drug-likeness (QED) is 0.183. The zero-order valence-corrected chi connectivity index (χ0v) is 23.1. The Kier molecular flexibility index (Phi) is 7.67. The summed E-state index contributed by atoms with van der Waals surface area (Å²) in [5.74, 6) is -0.846. The second-order valence-corrected chi connectivity index (χ2v) is 9.95. The molecule has 0 saturated carbocycles. The lowest BCUT2D eigenvalue weighted by Crippen LogP contribution is -2.54. The third kappa shape index (κ3) is 5.53. The number of hydrogen-bond acceptors (Lipinski definition) is 5. The first kappa shape index (κ1) is 26.5. The van der Waals surface area contributed by atoms with Crippen LogP contribution in [0.1, 0.15) is 18.1 Å². The number of anilines is 1. The summed E-state index contributed by atoms with van der Waals surface area (Å²) in [6, 6.07) is 23.0. The van der Waals surface area contributed by atoms with Crippen molar-refractivity contribution in [3.8, 4) is 11.5 Å². The molecule has 0 aliphatic carbocycles. The van der Waals surface area contributed by atoms with E-state index in [0.717, 1.165) is 25.7 Å². The van der Waals surface area contributed by atoms with Crippen LogP contribution >= 0.6 is 27.5 Å². The Morgan fingerprint density at radius 3 is 2.46 bits per heavy atom. The second-order valence-electron chi connectivity index (χ2n) is 8.62. The summed E-state index contributed by atoms with van der Waals surface area (Å²) in [5, 5.41) is 4.64. The third-order valence-electron chi connectivity index (χ3n) is 6.08. The minimum Gasteiger partial charge on any atom is -0.490 e. The predicted molar refractivity (Wildman–Crippen MR) is 154 cm³/mol. The highest BCUT2D eigenvalue weighted by molar-refractivity contribution is 9.10. The summed E-state index contributed by atoms with van der Waals surface area (Å²) >= 11 is 9.95. The van der Waals surface area contributed by atoms with Gasteiger partial charge in [-0.3, -0.25) is 14.9 Å². The molecule has 0 bridgehead atoms. The molecule has 0 spiro atoms. The Bertz CT molecular complexity index is 1630. The van der Waals surface area contributed by atoms with E-state index in [-0.39, 0.29) is 17.2 Å². The van der Waals surface area contributed by atoms with Gasteiger partial charge in [-0.15, -0.1) is 0 Å².